The molecule has 2 saturated heterocycles. The van der Waals surface area contributed by atoms with Gasteiger partial charge in [-0.05, 0) is 110 Å². The molecule has 3 aliphatic rings. The van der Waals surface area contributed by atoms with Gasteiger partial charge < -0.3 is 35.2 Å². The number of piperidine rings is 2. The first-order valence-electron chi connectivity index (χ1n) is 20.4. The van der Waals surface area contributed by atoms with E-state index in [1.54, 1.807) is 36.5 Å². The minimum absolute atomic E-state index is 0.0364. The second kappa shape index (κ2) is 20.0. The first kappa shape index (κ1) is 44.5. The van der Waals surface area contributed by atoms with Gasteiger partial charge in [-0.2, -0.15) is 13.2 Å². The number of nitrogens with one attached hydrogen (secondary N) is 1. The van der Waals surface area contributed by atoms with Crippen LogP contribution in [-0.2, 0) is 44.7 Å². The van der Waals surface area contributed by atoms with Crippen LogP contribution < -0.4 is 11.1 Å². The summed E-state index contributed by atoms with van der Waals surface area (Å²) in [5.41, 5.74) is 6.64. The maximum Gasteiger partial charge on any atom is 0.418 e. The number of ether oxygens (including phenoxy) is 2. The van der Waals surface area contributed by atoms with Crippen molar-refractivity contribution < 1.29 is 41.8 Å². The van der Waals surface area contributed by atoms with E-state index in [2.05, 4.69) is 22.1 Å². The van der Waals surface area contributed by atoms with Crippen LogP contribution in [0.5, 0.6) is 0 Å². The number of alkyl halides is 3. The normalized spacial score (nSPS) is 17.9. The van der Waals surface area contributed by atoms with Crippen LogP contribution in [0, 0.1) is 11.8 Å². The van der Waals surface area contributed by atoms with E-state index < -0.39 is 35.5 Å². The van der Waals surface area contributed by atoms with Crippen LogP contribution in [0.3, 0.4) is 0 Å². The van der Waals surface area contributed by atoms with Crippen molar-refractivity contribution in [3.63, 3.8) is 0 Å². The number of amides is 4. The summed E-state index contributed by atoms with van der Waals surface area (Å²) < 4.78 is 53.0. The molecule has 1 unspecified atom stereocenters. The van der Waals surface area contributed by atoms with Crippen LogP contribution in [0.1, 0.15) is 61.3 Å². The number of nitrogen functional groups attached to an aromatic ring is 1. The highest BCUT2D eigenvalue weighted by Crippen LogP contribution is 2.38. The number of pyridine rings is 1. The second-order valence-corrected chi connectivity index (χ2v) is 16.4. The number of carbonyl (C=O) groups excluding carboxylic acids is 4. The molecule has 324 valence electrons. The summed E-state index contributed by atoms with van der Waals surface area (Å²) in [6.45, 7) is 5.32. The van der Waals surface area contributed by atoms with E-state index in [4.69, 9.17) is 26.8 Å². The Labute approximate surface area is 353 Å². The van der Waals surface area contributed by atoms with E-state index in [1.165, 1.54) is 15.9 Å². The second-order valence-electron chi connectivity index (χ2n) is 16.0. The molecule has 17 heteroatoms. The number of likely N-dealkylation sites (tertiary alicyclic amines) is 2. The van der Waals surface area contributed by atoms with Gasteiger partial charge in [0.15, 0.2) is 6.10 Å². The van der Waals surface area contributed by atoms with Crippen molar-refractivity contribution in [3.05, 3.63) is 88.2 Å². The number of carbonyl (C=O) groups is 4. The number of anilines is 2. The molecule has 60 heavy (non-hydrogen) atoms. The van der Waals surface area contributed by atoms with Gasteiger partial charge in [0.2, 0.25) is 0 Å². The summed E-state index contributed by atoms with van der Waals surface area (Å²) in [7, 11) is 1.59. The minimum atomic E-state index is -4.80. The average Bonchev–Trinajstić information content (AvgIpc) is 3.40. The quantitative estimate of drug-likeness (QED) is 0.139. The Hall–Kier alpha value is -5.09. The zero-order valence-corrected chi connectivity index (χ0v) is 34.7. The SMILES string of the molecule is CC(CCN(C)C(=O)[C@@H](Cc1cc(Cl)c(N)c(C(F)(F)F)c1)OC(=O)N1CCC(N2CCc3ccccc3NC2=O)CC1)C1CCN(CC(=O)OCc2ccncc2)CC1. The van der Waals surface area contributed by atoms with Gasteiger partial charge in [-0.3, -0.25) is 19.5 Å². The molecular weight excluding hydrogens is 803 g/mol. The molecule has 13 nitrogen and oxygen atoms in total. The number of benzene rings is 2. The number of halogens is 4. The molecule has 1 aromatic heterocycles. The lowest BCUT2D eigenvalue weighted by Gasteiger charge is -2.38. The largest absolute Gasteiger partial charge is 0.460 e. The molecule has 2 atom stereocenters. The predicted octanol–water partition coefficient (Wildman–Crippen LogP) is 6.88. The van der Waals surface area contributed by atoms with Crippen molar-refractivity contribution in [1.82, 2.24) is 24.6 Å². The summed E-state index contributed by atoms with van der Waals surface area (Å²) in [5.74, 6) is -0.285. The molecule has 0 saturated carbocycles. The number of nitrogens with two attached hydrogens (primary N) is 1. The molecule has 4 amide bonds. The molecular formula is C43H53ClF3N7O6. The molecule has 0 radical (unpaired) electrons. The Morgan fingerprint density at radius 3 is 2.40 bits per heavy atom. The van der Waals surface area contributed by atoms with Crippen LogP contribution in [0.15, 0.2) is 60.9 Å². The lowest BCUT2D eigenvalue weighted by molar-refractivity contribution is -0.146. The Morgan fingerprint density at radius 2 is 1.70 bits per heavy atom. The van der Waals surface area contributed by atoms with Crippen molar-refractivity contribution in [3.8, 4) is 0 Å². The molecule has 6 rings (SSSR count). The topological polar surface area (TPSA) is 151 Å². The van der Waals surface area contributed by atoms with Gasteiger partial charge in [0.1, 0.15) is 6.61 Å². The van der Waals surface area contributed by atoms with Gasteiger partial charge in [-0.25, -0.2) is 9.59 Å². The maximum atomic E-state index is 14.0. The van der Waals surface area contributed by atoms with Crippen molar-refractivity contribution >= 4 is 47.0 Å². The van der Waals surface area contributed by atoms with Crippen LogP contribution in [0.4, 0.5) is 34.1 Å². The fraction of sp³-hybridized carbons (Fsp3) is 0.512. The number of hydrogen-bond acceptors (Lipinski definition) is 9. The Morgan fingerprint density at radius 1 is 1.00 bits per heavy atom. The molecule has 2 aromatic carbocycles. The lowest BCUT2D eigenvalue weighted by Crippen LogP contribution is -2.51. The van der Waals surface area contributed by atoms with Crippen molar-refractivity contribution in [2.75, 3.05) is 63.9 Å². The summed E-state index contributed by atoms with van der Waals surface area (Å²) in [6, 6.07) is 13.0. The predicted molar refractivity (Wildman–Crippen MR) is 220 cm³/mol. The van der Waals surface area contributed by atoms with E-state index in [1.807, 2.05) is 24.3 Å². The smallest absolute Gasteiger partial charge is 0.418 e. The van der Waals surface area contributed by atoms with Gasteiger partial charge in [-0.1, -0.05) is 36.7 Å². The number of rotatable bonds is 13. The van der Waals surface area contributed by atoms with Crippen molar-refractivity contribution in [2.45, 2.75) is 76.8 Å². The van der Waals surface area contributed by atoms with Gasteiger partial charge in [-0.15, -0.1) is 0 Å². The number of likely N-dealkylation sites (N-methyl/N-ethyl adjacent to an activating group) is 1. The monoisotopic (exact) mass is 855 g/mol. The Balaban J connectivity index is 1.04. The zero-order chi connectivity index (χ0) is 43.0. The molecule has 0 aliphatic carbocycles. The van der Waals surface area contributed by atoms with Crippen LogP contribution in [0.25, 0.3) is 0 Å². The molecule has 0 spiro atoms. The fourth-order valence-electron chi connectivity index (χ4n) is 8.25. The Bertz CT molecular complexity index is 1980. The summed E-state index contributed by atoms with van der Waals surface area (Å²) in [6.07, 6.45) is -0.0801. The highest BCUT2D eigenvalue weighted by molar-refractivity contribution is 6.33. The zero-order valence-electron chi connectivity index (χ0n) is 34.0. The number of urea groups is 1. The highest BCUT2D eigenvalue weighted by Gasteiger charge is 2.37. The van der Waals surface area contributed by atoms with Gasteiger partial charge in [0, 0.05) is 63.8 Å². The highest BCUT2D eigenvalue weighted by atomic mass is 35.5. The van der Waals surface area contributed by atoms with E-state index in [0.717, 1.165) is 48.8 Å². The first-order valence-corrected chi connectivity index (χ1v) is 20.8. The molecule has 0 bridgehead atoms. The maximum absolute atomic E-state index is 14.0. The number of para-hydroxylation sites is 1. The van der Waals surface area contributed by atoms with E-state index >= 15 is 0 Å². The number of fused-ring (bicyclic) bond motifs is 1. The van der Waals surface area contributed by atoms with Crippen molar-refractivity contribution in [2.24, 2.45) is 11.8 Å². The molecule has 2 fully saturated rings. The number of nitrogens with zero attached hydrogens (tertiary/aromatic N) is 5. The number of esters is 1. The van der Waals surface area contributed by atoms with Gasteiger partial charge >= 0.3 is 24.3 Å². The van der Waals surface area contributed by atoms with Crippen LogP contribution in [-0.4, -0.2) is 114 Å². The van der Waals surface area contributed by atoms with Crippen molar-refractivity contribution in [1.29, 1.82) is 0 Å². The van der Waals surface area contributed by atoms with E-state index in [-0.39, 0.29) is 67.2 Å². The summed E-state index contributed by atoms with van der Waals surface area (Å²) in [4.78, 5) is 64.1. The van der Waals surface area contributed by atoms with Crippen LogP contribution in [0.2, 0.25) is 5.02 Å². The molecule has 4 heterocycles. The van der Waals surface area contributed by atoms with Crippen LogP contribution >= 0.6 is 11.6 Å². The molecule has 3 aromatic rings. The van der Waals surface area contributed by atoms with E-state index in [9.17, 15) is 32.3 Å². The number of aromatic nitrogens is 1. The molecule has 3 N–H and O–H groups in total. The Kier molecular flexibility index (Phi) is 14.8. The minimum Gasteiger partial charge on any atom is -0.460 e. The third kappa shape index (κ3) is 11.6. The summed E-state index contributed by atoms with van der Waals surface area (Å²) >= 11 is 6.14. The van der Waals surface area contributed by atoms with Gasteiger partial charge in [0.25, 0.3) is 5.91 Å². The summed E-state index contributed by atoms with van der Waals surface area (Å²) in [5, 5.41) is 2.66. The third-order valence-corrected chi connectivity index (χ3v) is 12.3. The van der Waals surface area contributed by atoms with E-state index in [0.29, 0.717) is 44.7 Å². The standard InChI is InChI=1S/C43H53ClF3N7O6/c1-28(31-10-18-52(19-11-31)26-38(55)59-27-29-7-15-49-16-8-29)9-17-51(2)40(56)37(25-30-23-34(43(45,46)47)39(48)35(44)24-30)60-42(58)53-20-13-33(14-21-53)54-22-12-32-5-3-4-6-36(32)50-41(54)57/h3-8,15-16,23-24,28,31,33,37H,9-14,17-22,25-27,48H2,1-2H3,(H,50,57)/t28?,37-/m1/s1. The first-order chi connectivity index (χ1) is 28.7. The lowest BCUT2D eigenvalue weighted by atomic mass is 9.83. The molecule has 3 aliphatic heterocycles. The fourth-order valence-corrected chi connectivity index (χ4v) is 8.50. The average molecular weight is 856 g/mol. The van der Waals surface area contributed by atoms with Gasteiger partial charge in [0.05, 0.1) is 22.8 Å². The number of hydrogen-bond donors (Lipinski definition) is 2. The third-order valence-electron chi connectivity index (χ3n) is 12.0.